The van der Waals surface area contributed by atoms with Crippen LogP contribution >= 0.6 is 0 Å². The number of ether oxygens (including phenoxy) is 2. The lowest BCUT2D eigenvalue weighted by molar-refractivity contribution is -0.226. The van der Waals surface area contributed by atoms with Gasteiger partial charge in [0.25, 0.3) is 0 Å². The first kappa shape index (κ1) is 10.8. The Labute approximate surface area is 98.0 Å². The summed E-state index contributed by atoms with van der Waals surface area (Å²) in [6.45, 7) is 0. The summed E-state index contributed by atoms with van der Waals surface area (Å²) in [5.74, 6) is 1.08. The molecule has 3 rings (SSSR count). The zero-order chi connectivity index (χ0) is 11.0. The number of fused-ring (bicyclic) bond motifs is 1. The number of hydrogen-bond acceptors (Lipinski definition) is 2. The Balaban J connectivity index is 1.72. The van der Waals surface area contributed by atoms with Crippen molar-refractivity contribution in [2.45, 2.75) is 56.8 Å². The molecule has 0 aromatic heterocycles. The topological polar surface area (TPSA) is 18.5 Å². The Morgan fingerprint density at radius 1 is 1.31 bits per heavy atom. The van der Waals surface area contributed by atoms with Crippen LogP contribution in [0.5, 0.6) is 0 Å². The maximum atomic E-state index is 6.29. The second-order valence-electron chi connectivity index (χ2n) is 5.52. The maximum absolute atomic E-state index is 6.29. The van der Waals surface area contributed by atoms with Gasteiger partial charge in [0.05, 0.1) is 6.10 Å². The van der Waals surface area contributed by atoms with Crippen LogP contribution in [0.25, 0.3) is 0 Å². The van der Waals surface area contributed by atoms with E-state index in [9.17, 15) is 0 Å². The standard InChI is InChI=1S/C14H22O2/c1-15-14-9-5-8-12(14)10-13(16-14)11-6-3-2-4-7-11/h3,6,11-13H,2,4-5,7-10H2,1H3. The molecule has 0 N–H and O–H groups in total. The zero-order valence-electron chi connectivity index (χ0n) is 10.2. The van der Waals surface area contributed by atoms with Crippen molar-refractivity contribution in [1.29, 1.82) is 0 Å². The van der Waals surface area contributed by atoms with Crippen LogP contribution < -0.4 is 0 Å². The molecule has 1 heterocycles. The van der Waals surface area contributed by atoms with E-state index < -0.39 is 0 Å². The van der Waals surface area contributed by atoms with Gasteiger partial charge in [-0.05, 0) is 38.5 Å². The molecule has 0 radical (unpaired) electrons. The van der Waals surface area contributed by atoms with Crippen LogP contribution in [0.2, 0.25) is 0 Å². The van der Waals surface area contributed by atoms with Crippen LogP contribution in [0.4, 0.5) is 0 Å². The van der Waals surface area contributed by atoms with Crippen LogP contribution in [-0.2, 0) is 9.47 Å². The summed E-state index contributed by atoms with van der Waals surface area (Å²) in [6, 6.07) is 0. The van der Waals surface area contributed by atoms with Crippen molar-refractivity contribution in [1.82, 2.24) is 0 Å². The minimum absolute atomic E-state index is 0.212. The molecule has 0 bridgehead atoms. The van der Waals surface area contributed by atoms with Gasteiger partial charge in [-0.25, -0.2) is 0 Å². The molecule has 1 saturated carbocycles. The van der Waals surface area contributed by atoms with Gasteiger partial charge in [-0.15, -0.1) is 0 Å². The summed E-state index contributed by atoms with van der Waals surface area (Å²) in [5.41, 5.74) is 0. The second-order valence-corrected chi connectivity index (χ2v) is 5.52. The van der Waals surface area contributed by atoms with Gasteiger partial charge in [-0.1, -0.05) is 12.2 Å². The van der Waals surface area contributed by atoms with E-state index in [1.807, 2.05) is 7.11 Å². The van der Waals surface area contributed by atoms with E-state index in [0.717, 1.165) is 6.42 Å². The van der Waals surface area contributed by atoms with Crippen LogP contribution in [0.1, 0.15) is 44.9 Å². The largest absolute Gasteiger partial charge is 0.353 e. The Kier molecular flexibility index (Phi) is 2.80. The Morgan fingerprint density at radius 3 is 2.94 bits per heavy atom. The molecule has 2 fully saturated rings. The van der Waals surface area contributed by atoms with Crippen molar-refractivity contribution in [2.24, 2.45) is 11.8 Å². The molecule has 2 aliphatic carbocycles. The fraction of sp³-hybridized carbons (Fsp3) is 0.857. The highest BCUT2D eigenvalue weighted by Crippen LogP contribution is 2.50. The summed E-state index contributed by atoms with van der Waals surface area (Å²) in [4.78, 5) is 0. The lowest BCUT2D eigenvalue weighted by atomic mass is 9.87. The molecular weight excluding hydrogens is 200 g/mol. The van der Waals surface area contributed by atoms with E-state index in [1.54, 1.807) is 0 Å². The van der Waals surface area contributed by atoms with Gasteiger partial charge < -0.3 is 9.47 Å². The first-order valence-corrected chi connectivity index (χ1v) is 6.74. The fourth-order valence-electron chi connectivity index (χ4n) is 3.78. The summed E-state index contributed by atoms with van der Waals surface area (Å²) in [6.07, 6.45) is 13.9. The number of allylic oxidation sites excluding steroid dienone is 1. The third kappa shape index (κ3) is 1.63. The SMILES string of the molecule is COC12CCCC1CC(C1C=CCCC1)O2. The first-order chi connectivity index (χ1) is 7.84. The van der Waals surface area contributed by atoms with Gasteiger partial charge >= 0.3 is 0 Å². The molecule has 16 heavy (non-hydrogen) atoms. The van der Waals surface area contributed by atoms with E-state index in [-0.39, 0.29) is 5.79 Å². The predicted octanol–water partition coefficient (Wildman–Crippen LogP) is 3.27. The molecule has 4 atom stereocenters. The van der Waals surface area contributed by atoms with Gasteiger partial charge in [0, 0.05) is 25.4 Å². The Bertz CT molecular complexity index is 286. The molecule has 3 aliphatic rings. The summed E-state index contributed by atoms with van der Waals surface area (Å²) in [7, 11) is 1.82. The highest BCUT2D eigenvalue weighted by atomic mass is 16.7. The lowest BCUT2D eigenvalue weighted by Gasteiger charge is -2.29. The van der Waals surface area contributed by atoms with Gasteiger partial charge in [-0.3, -0.25) is 0 Å². The van der Waals surface area contributed by atoms with Crippen molar-refractivity contribution < 1.29 is 9.47 Å². The molecule has 0 amide bonds. The average molecular weight is 222 g/mol. The molecule has 1 saturated heterocycles. The Morgan fingerprint density at radius 2 is 2.25 bits per heavy atom. The zero-order valence-corrected chi connectivity index (χ0v) is 10.2. The number of rotatable bonds is 2. The van der Waals surface area contributed by atoms with E-state index in [4.69, 9.17) is 9.47 Å². The monoisotopic (exact) mass is 222 g/mol. The highest BCUT2D eigenvalue weighted by Gasteiger charge is 2.53. The van der Waals surface area contributed by atoms with E-state index in [0.29, 0.717) is 17.9 Å². The number of hydrogen-bond donors (Lipinski definition) is 0. The van der Waals surface area contributed by atoms with Gasteiger partial charge in [0.2, 0.25) is 0 Å². The minimum Gasteiger partial charge on any atom is -0.353 e. The molecular formula is C14H22O2. The molecule has 1 aliphatic heterocycles. The fourth-order valence-corrected chi connectivity index (χ4v) is 3.78. The smallest absolute Gasteiger partial charge is 0.171 e. The first-order valence-electron chi connectivity index (χ1n) is 6.74. The molecule has 2 heteroatoms. The van der Waals surface area contributed by atoms with Crippen LogP contribution in [0.15, 0.2) is 12.2 Å². The molecule has 2 nitrogen and oxygen atoms in total. The van der Waals surface area contributed by atoms with Gasteiger partial charge in [0.15, 0.2) is 5.79 Å². The van der Waals surface area contributed by atoms with E-state index >= 15 is 0 Å². The van der Waals surface area contributed by atoms with Crippen LogP contribution in [-0.4, -0.2) is 19.0 Å². The van der Waals surface area contributed by atoms with Gasteiger partial charge in [-0.2, -0.15) is 0 Å². The normalized spacial score (nSPS) is 47.2. The van der Waals surface area contributed by atoms with Crippen LogP contribution in [0.3, 0.4) is 0 Å². The van der Waals surface area contributed by atoms with Crippen molar-refractivity contribution in [3.63, 3.8) is 0 Å². The maximum Gasteiger partial charge on any atom is 0.171 e. The molecule has 0 spiro atoms. The molecule has 0 aromatic carbocycles. The molecule has 90 valence electrons. The van der Waals surface area contributed by atoms with Crippen molar-refractivity contribution in [2.75, 3.05) is 7.11 Å². The van der Waals surface area contributed by atoms with Crippen LogP contribution in [0, 0.1) is 11.8 Å². The summed E-state index contributed by atoms with van der Waals surface area (Å²) in [5, 5.41) is 0. The lowest BCUT2D eigenvalue weighted by Crippen LogP contribution is -2.34. The predicted molar refractivity (Wildman–Crippen MR) is 63.1 cm³/mol. The minimum atomic E-state index is -0.212. The summed E-state index contributed by atoms with van der Waals surface area (Å²) < 4.78 is 12.0. The van der Waals surface area contributed by atoms with Crippen molar-refractivity contribution >= 4 is 0 Å². The van der Waals surface area contributed by atoms with Crippen molar-refractivity contribution in [3.8, 4) is 0 Å². The highest BCUT2D eigenvalue weighted by molar-refractivity contribution is 5.02. The third-order valence-corrected chi connectivity index (χ3v) is 4.68. The average Bonchev–Trinajstić information content (AvgIpc) is 2.86. The van der Waals surface area contributed by atoms with E-state index in [2.05, 4.69) is 12.2 Å². The third-order valence-electron chi connectivity index (χ3n) is 4.68. The van der Waals surface area contributed by atoms with Crippen molar-refractivity contribution in [3.05, 3.63) is 12.2 Å². The molecule has 0 aromatic rings. The second kappa shape index (κ2) is 4.15. The summed E-state index contributed by atoms with van der Waals surface area (Å²) >= 11 is 0. The quantitative estimate of drug-likeness (QED) is 0.668. The number of methoxy groups -OCH3 is 1. The Hall–Kier alpha value is -0.340. The molecule has 4 unspecified atom stereocenters. The van der Waals surface area contributed by atoms with E-state index in [1.165, 1.54) is 38.5 Å². The van der Waals surface area contributed by atoms with Gasteiger partial charge in [0.1, 0.15) is 0 Å².